The minimum atomic E-state index is -0.130. The van der Waals surface area contributed by atoms with Gasteiger partial charge in [0.2, 0.25) is 0 Å². The molecule has 104 valence electrons. The molecule has 0 unspecified atom stereocenters. The van der Waals surface area contributed by atoms with Gasteiger partial charge in [-0.05, 0) is 24.4 Å². The Balaban J connectivity index is 1.70. The number of nitrogens with one attached hydrogen (secondary N) is 1. The first-order valence-electron chi connectivity index (χ1n) is 6.62. The lowest BCUT2D eigenvalue weighted by atomic mass is 10.1. The van der Waals surface area contributed by atoms with Gasteiger partial charge in [-0.2, -0.15) is 0 Å². The normalized spacial score (nSPS) is 18.1. The number of carbonyl (C=O) groups excluding carboxylic acids is 1. The quantitative estimate of drug-likeness (QED) is 0.936. The van der Waals surface area contributed by atoms with Crippen molar-refractivity contribution in [1.82, 2.24) is 14.9 Å². The highest BCUT2D eigenvalue weighted by Gasteiger charge is 2.20. The summed E-state index contributed by atoms with van der Waals surface area (Å²) in [4.78, 5) is 12.8. The number of rotatable bonds is 4. The zero-order chi connectivity index (χ0) is 13.8. The smallest absolute Gasteiger partial charge is 0.265 e. The molecule has 1 atom stereocenters. The van der Waals surface area contributed by atoms with Gasteiger partial charge in [0, 0.05) is 18.7 Å². The molecule has 1 aliphatic heterocycles. The molecule has 0 bridgehead atoms. The number of hydrogen-bond donors (Lipinski definition) is 1. The predicted molar refractivity (Wildman–Crippen MR) is 76.7 cm³/mol. The SMILES string of the molecule is O=C(NC[C@@H]1CCCO1)c1snnc1-c1ccccc1. The van der Waals surface area contributed by atoms with E-state index in [1.165, 1.54) is 0 Å². The van der Waals surface area contributed by atoms with Gasteiger partial charge in [0.1, 0.15) is 10.6 Å². The molecule has 1 aromatic carbocycles. The van der Waals surface area contributed by atoms with Gasteiger partial charge >= 0.3 is 0 Å². The van der Waals surface area contributed by atoms with Gasteiger partial charge in [0.15, 0.2) is 0 Å². The average molecular weight is 289 g/mol. The standard InChI is InChI=1S/C14H15N3O2S/c18-14(15-9-11-7-4-8-19-11)13-12(16-17-20-13)10-5-2-1-3-6-10/h1-3,5-6,11H,4,7-9H2,(H,15,18)/t11-/m0/s1. The van der Waals surface area contributed by atoms with E-state index in [-0.39, 0.29) is 12.0 Å². The molecule has 2 aromatic rings. The summed E-state index contributed by atoms with van der Waals surface area (Å²) in [5.74, 6) is -0.130. The van der Waals surface area contributed by atoms with E-state index in [4.69, 9.17) is 4.74 Å². The van der Waals surface area contributed by atoms with Gasteiger partial charge in [-0.25, -0.2) is 0 Å². The van der Waals surface area contributed by atoms with Crippen molar-refractivity contribution in [2.75, 3.05) is 13.2 Å². The molecule has 1 N–H and O–H groups in total. The van der Waals surface area contributed by atoms with Crippen LogP contribution in [-0.4, -0.2) is 34.7 Å². The zero-order valence-electron chi connectivity index (χ0n) is 10.9. The van der Waals surface area contributed by atoms with E-state index in [1.807, 2.05) is 30.3 Å². The fourth-order valence-electron chi connectivity index (χ4n) is 2.22. The van der Waals surface area contributed by atoms with Gasteiger partial charge in [0.05, 0.1) is 6.10 Å². The van der Waals surface area contributed by atoms with E-state index in [9.17, 15) is 4.79 Å². The summed E-state index contributed by atoms with van der Waals surface area (Å²) < 4.78 is 9.39. The molecule has 2 heterocycles. The number of nitrogens with zero attached hydrogens (tertiary/aromatic N) is 2. The maximum atomic E-state index is 12.2. The Bertz CT molecular complexity index is 579. The van der Waals surface area contributed by atoms with Gasteiger partial charge < -0.3 is 10.1 Å². The van der Waals surface area contributed by atoms with Crippen molar-refractivity contribution in [3.63, 3.8) is 0 Å². The Labute approximate surface area is 121 Å². The highest BCUT2D eigenvalue weighted by atomic mass is 32.1. The third kappa shape index (κ3) is 2.86. The van der Waals surface area contributed by atoms with Crippen molar-refractivity contribution in [2.45, 2.75) is 18.9 Å². The summed E-state index contributed by atoms with van der Waals surface area (Å²) in [6.07, 6.45) is 2.21. The number of ether oxygens (including phenoxy) is 1. The highest BCUT2D eigenvalue weighted by molar-refractivity contribution is 7.08. The van der Waals surface area contributed by atoms with Crippen LogP contribution in [0.2, 0.25) is 0 Å². The molecule has 0 radical (unpaired) electrons. The fraction of sp³-hybridized carbons (Fsp3) is 0.357. The second kappa shape index (κ2) is 6.11. The molecule has 0 aliphatic carbocycles. The van der Waals surface area contributed by atoms with E-state index in [0.717, 1.165) is 36.5 Å². The van der Waals surface area contributed by atoms with Crippen LogP contribution in [0.15, 0.2) is 30.3 Å². The Hall–Kier alpha value is -1.79. The predicted octanol–water partition coefficient (Wildman–Crippen LogP) is 2.11. The molecule has 6 heteroatoms. The second-order valence-corrected chi connectivity index (χ2v) is 5.42. The van der Waals surface area contributed by atoms with E-state index < -0.39 is 0 Å². The Morgan fingerprint density at radius 3 is 3.00 bits per heavy atom. The lowest BCUT2D eigenvalue weighted by molar-refractivity contribution is 0.0861. The van der Waals surface area contributed by atoms with Gasteiger partial charge in [0.25, 0.3) is 5.91 Å². The molecular weight excluding hydrogens is 274 g/mol. The van der Waals surface area contributed by atoms with Crippen LogP contribution in [0.3, 0.4) is 0 Å². The maximum Gasteiger partial charge on any atom is 0.265 e. The number of benzene rings is 1. The number of hydrogen-bond acceptors (Lipinski definition) is 5. The van der Waals surface area contributed by atoms with Crippen molar-refractivity contribution in [3.05, 3.63) is 35.2 Å². The first-order valence-corrected chi connectivity index (χ1v) is 7.39. The summed E-state index contributed by atoms with van der Waals surface area (Å²) in [7, 11) is 0. The summed E-state index contributed by atoms with van der Waals surface area (Å²) in [6.45, 7) is 1.34. The van der Waals surface area contributed by atoms with Crippen LogP contribution < -0.4 is 5.32 Å². The maximum absolute atomic E-state index is 12.2. The molecule has 1 saturated heterocycles. The van der Waals surface area contributed by atoms with Crippen LogP contribution in [0.25, 0.3) is 11.3 Å². The summed E-state index contributed by atoms with van der Waals surface area (Å²) in [5, 5.41) is 6.97. The van der Waals surface area contributed by atoms with Crippen molar-refractivity contribution in [1.29, 1.82) is 0 Å². The Kier molecular flexibility index (Phi) is 4.03. The lowest BCUT2D eigenvalue weighted by Crippen LogP contribution is -2.31. The van der Waals surface area contributed by atoms with Gasteiger partial charge in [-0.3, -0.25) is 4.79 Å². The van der Waals surface area contributed by atoms with Crippen molar-refractivity contribution < 1.29 is 9.53 Å². The van der Waals surface area contributed by atoms with Gasteiger partial charge in [-0.1, -0.05) is 34.8 Å². The van der Waals surface area contributed by atoms with Crippen LogP contribution in [-0.2, 0) is 4.74 Å². The minimum absolute atomic E-state index is 0.130. The second-order valence-electron chi connectivity index (χ2n) is 4.66. The number of aromatic nitrogens is 2. The number of carbonyl (C=O) groups is 1. The highest BCUT2D eigenvalue weighted by Crippen LogP contribution is 2.23. The van der Waals surface area contributed by atoms with Crippen LogP contribution >= 0.6 is 11.5 Å². The third-order valence-electron chi connectivity index (χ3n) is 3.26. The average Bonchev–Trinajstić information content (AvgIpc) is 3.17. The fourth-order valence-corrected chi connectivity index (χ4v) is 2.82. The first-order chi connectivity index (χ1) is 9.84. The molecule has 20 heavy (non-hydrogen) atoms. The topological polar surface area (TPSA) is 64.1 Å². The van der Waals surface area contributed by atoms with Crippen molar-refractivity contribution in [2.24, 2.45) is 0 Å². The number of amides is 1. The molecule has 0 saturated carbocycles. The van der Waals surface area contributed by atoms with Crippen molar-refractivity contribution in [3.8, 4) is 11.3 Å². The largest absolute Gasteiger partial charge is 0.376 e. The molecule has 1 fully saturated rings. The lowest BCUT2D eigenvalue weighted by Gasteiger charge is -2.10. The molecule has 1 amide bonds. The summed E-state index contributed by atoms with van der Waals surface area (Å²) >= 11 is 1.12. The van der Waals surface area contributed by atoms with Crippen LogP contribution in [0.4, 0.5) is 0 Å². The molecule has 1 aromatic heterocycles. The third-order valence-corrected chi connectivity index (χ3v) is 3.98. The Morgan fingerprint density at radius 1 is 1.40 bits per heavy atom. The molecular formula is C14H15N3O2S. The van der Waals surface area contributed by atoms with E-state index in [0.29, 0.717) is 17.1 Å². The van der Waals surface area contributed by atoms with E-state index in [2.05, 4.69) is 14.9 Å². The van der Waals surface area contributed by atoms with Crippen molar-refractivity contribution >= 4 is 17.4 Å². The molecule has 1 aliphatic rings. The first kappa shape index (κ1) is 13.2. The molecule has 5 nitrogen and oxygen atoms in total. The van der Waals surface area contributed by atoms with Crippen LogP contribution in [0.5, 0.6) is 0 Å². The molecule has 0 spiro atoms. The monoisotopic (exact) mass is 289 g/mol. The summed E-state index contributed by atoms with van der Waals surface area (Å²) in [6, 6.07) is 9.62. The Morgan fingerprint density at radius 2 is 2.25 bits per heavy atom. The molecule has 3 rings (SSSR count). The van der Waals surface area contributed by atoms with E-state index >= 15 is 0 Å². The minimum Gasteiger partial charge on any atom is -0.376 e. The van der Waals surface area contributed by atoms with Crippen LogP contribution in [0.1, 0.15) is 22.5 Å². The van der Waals surface area contributed by atoms with Gasteiger partial charge in [-0.15, -0.1) is 5.10 Å². The summed E-state index contributed by atoms with van der Waals surface area (Å²) in [5.41, 5.74) is 1.55. The van der Waals surface area contributed by atoms with E-state index in [1.54, 1.807) is 0 Å². The van der Waals surface area contributed by atoms with Crippen LogP contribution in [0, 0.1) is 0 Å². The zero-order valence-corrected chi connectivity index (χ0v) is 11.7.